The number of piperidine rings is 1. The summed E-state index contributed by atoms with van der Waals surface area (Å²) in [5, 5.41) is 9.27. The highest BCUT2D eigenvalue weighted by atomic mass is 16.3. The second-order valence-corrected chi connectivity index (χ2v) is 6.30. The summed E-state index contributed by atoms with van der Waals surface area (Å²) < 4.78 is 0. The van der Waals surface area contributed by atoms with E-state index in [-0.39, 0.29) is 11.5 Å². The van der Waals surface area contributed by atoms with Gasteiger partial charge in [0.15, 0.2) is 5.78 Å². The van der Waals surface area contributed by atoms with Crippen molar-refractivity contribution in [2.45, 2.75) is 32.1 Å². The summed E-state index contributed by atoms with van der Waals surface area (Å²) in [4.78, 5) is 14.6. The molecule has 1 aliphatic carbocycles. The molecule has 0 aromatic heterocycles. The van der Waals surface area contributed by atoms with Crippen LogP contribution in [0.4, 0.5) is 0 Å². The Morgan fingerprint density at radius 1 is 1.10 bits per heavy atom. The number of rotatable bonds is 3. The maximum Gasteiger partial charge on any atom is 0.176 e. The molecule has 20 heavy (non-hydrogen) atoms. The maximum atomic E-state index is 12.3. The lowest BCUT2D eigenvalue weighted by molar-refractivity contribution is 0.0713. The fourth-order valence-corrected chi connectivity index (χ4v) is 3.76. The molecule has 3 heteroatoms. The number of phenols is 1. The number of carbonyl (C=O) groups is 1. The van der Waals surface area contributed by atoms with Crippen LogP contribution in [0.25, 0.3) is 0 Å². The fraction of sp³-hybridized carbons (Fsp3) is 0.588. The fourth-order valence-electron chi connectivity index (χ4n) is 3.76. The van der Waals surface area contributed by atoms with Gasteiger partial charge in [0, 0.05) is 12.1 Å². The molecule has 2 unspecified atom stereocenters. The van der Waals surface area contributed by atoms with Gasteiger partial charge in [-0.15, -0.1) is 0 Å². The predicted octanol–water partition coefficient (Wildman–Crippen LogP) is 3.09. The van der Waals surface area contributed by atoms with Crippen LogP contribution in [0.3, 0.4) is 0 Å². The van der Waals surface area contributed by atoms with Crippen molar-refractivity contribution in [1.29, 1.82) is 0 Å². The number of benzene rings is 1. The van der Waals surface area contributed by atoms with Crippen LogP contribution < -0.4 is 0 Å². The normalized spacial score (nSPS) is 27.0. The van der Waals surface area contributed by atoms with E-state index in [2.05, 4.69) is 4.90 Å². The first-order chi connectivity index (χ1) is 9.72. The van der Waals surface area contributed by atoms with Gasteiger partial charge in [0.1, 0.15) is 5.75 Å². The molecule has 1 aliphatic heterocycles. The standard InChI is InChI=1S/C17H23NO2/c19-16-7-5-14(6-8-16)17(20)12-18-10-9-13-3-1-2-4-15(13)11-18/h5-8,13,15,19H,1-4,9-12H2. The minimum atomic E-state index is 0.166. The first-order valence-electron chi connectivity index (χ1n) is 7.77. The van der Waals surface area contributed by atoms with Crippen LogP contribution >= 0.6 is 0 Å². The van der Waals surface area contributed by atoms with Crippen LogP contribution in [-0.2, 0) is 0 Å². The van der Waals surface area contributed by atoms with E-state index >= 15 is 0 Å². The van der Waals surface area contributed by atoms with E-state index in [1.165, 1.54) is 32.1 Å². The number of Topliss-reactive ketones (excluding diaryl/α,β-unsaturated/α-hetero) is 1. The van der Waals surface area contributed by atoms with Crippen molar-refractivity contribution in [2.24, 2.45) is 11.8 Å². The molecule has 108 valence electrons. The lowest BCUT2D eigenvalue weighted by Gasteiger charge is -2.41. The van der Waals surface area contributed by atoms with E-state index in [1.807, 2.05) is 0 Å². The quantitative estimate of drug-likeness (QED) is 0.860. The second-order valence-electron chi connectivity index (χ2n) is 6.30. The van der Waals surface area contributed by atoms with E-state index in [0.29, 0.717) is 12.1 Å². The van der Waals surface area contributed by atoms with Gasteiger partial charge in [-0.25, -0.2) is 0 Å². The van der Waals surface area contributed by atoms with Crippen LogP contribution in [-0.4, -0.2) is 35.4 Å². The molecule has 3 rings (SSSR count). The Bertz CT molecular complexity index is 468. The largest absolute Gasteiger partial charge is 0.508 e. The molecule has 2 fully saturated rings. The van der Waals surface area contributed by atoms with Crippen LogP contribution in [0, 0.1) is 11.8 Å². The average molecular weight is 273 g/mol. The van der Waals surface area contributed by atoms with Gasteiger partial charge < -0.3 is 5.11 Å². The molecule has 0 amide bonds. The van der Waals surface area contributed by atoms with Crippen molar-refractivity contribution in [3.05, 3.63) is 29.8 Å². The smallest absolute Gasteiger partial charge is 0.176 e. The third kappa shape index (κ3) is 3.04. The minimum absolute atomic E-state index is 0.166. The number of likely N-dealkylation sites (tertiary alicyclic amines) is 1. The van der Waals surface area contributed by atoms with E-state index in [1.54, 1.807) is 24.3 Å². The lowest BCUT2D eigenvalue weighted by Crippen LogP contribution is -2.43. The van der Waals surface area contributed by atoms with Crippen LogP contribution in [0.2, 0.25) is 0 Å². The van der Waals surface area contributed by atoms with Gasteiger partial charge in [-0.1, -0.05) is 19.3 Å². The maximum absolute atomic E-state index is 12.3. The third-order valence-electron chi connectivity index (χ3n) is 4.93. The number of hydrogen-bond acceptors (Lipinski definition) is 3. The third-order valence-corrected chi connectivity index (χ3v) is 4.93. The molecule has 2 atom stereocenters. The molecule has 1 saturated heterocycles. The highest BCUT2D eigenvalue weighted by Gasteiger charge is 2.31. The van der Waals surface area contributed by atoms with E-state index in [9.17, 15) is 9.90 Å². The Labute approximate surface area is 120 Å². The van der Waals surface area contributed by atoms with Crippen molar-refractivity contribution in [2.75, 3.05) is 19.6 Å². The van der Waals surface area contributed by atoms with Gasteiger partial charge in [-0.05, 0) is 55.5 Å². The van der Waals surface area contributed by atoms with Gasteiger partial charge in [-0.3, -0.25) is 9.69 Å². The molecule has 1 aromatic carbocycles. The Kier molecular flexibility index (Phi) is 4.06. The summed E-state index contributed by atoms with van der Waals surface area (Å²) in [6, 6.07) is 6.59. The van der Waals surface area contributed by atoms with Crippen molar-refractivity contribution in [1.82, 2.24) is 4.90 Å². The molecular formula is C17H23NO2. The first kappa shape index (κ1) is 13.6. The van der Waals surface area contributed by atoms with Crippen molar-refractivity contribution < 1.29 is 9.90 Å². The number of ketones is 1. The highest BCUT2D eigenvalue weighted by Crippen LogP contribution is 2.35. The molecule has 1 aromatic rings. The Balaban J connectivity index is 1.58. The molecule has 2 aliphatic rings. The van der Waals surface area contributed by atoms with Crippen LogP contribution in [0.1, 0.15) is 42.5 Å². The van der Waals surface area contributed by atoms with Gasteiger partial charge >= 0.3 is 0 Å². The van der Waals surface area contributed by atoms with Gasteiger partial charge in [0.05, 0.1) is 6.54 Å². The van der Waals surface area contributed by atoms with Crippen molar-refractivity contribution >= 4 is 5.78 Å². The first-order valence-corrected chi connectivity index (χ1v) is 7.77. The molecule has 1 heterocycles. The Morgan fingerprint density at radius 3 is 2.55 bits per heavy atom. The molecule has 3 nitrogen and oxygen atoms in total. The summed E-state index contributed by atoms with van der Waals surface area (Å²) >= 11 is 0. The van der Waals surface area contributed by atoms with Crippen molar-refractivity contribution in [3.63, 3.8) is 0 Å². The summed E-state index contributed by atoms with van der Waals surface area (Å²) in [7, 11) is 0. The van der Waals surface area contributed by atoms with Gasteiger partial charge in [0.2, 0.25) is 0 Å². The molecule has 1 N–H and O–H groups in total. The molecular weight excluding hydrogens is 250 g/mol. The highest BCUT2D eigenvalue weighted by molar-refractivity contribution is 5.97. The molecule has 1 saturated carbocycles. The lowest BCUT2D eigenvalue weighted by atomic mass is 9.75. The van der Waals surface area contributed by atoms with E-state index < -0.39 is 0 Å². The number of aromatic hydroxyl groups is 1. The summed E-state index contributed by atoms with van der Waals surface area (Å²) in [5.74, 6) is 2.10. The monoisotopic (exact) mass is 273 g/mol. The Hall–Kier alpha value is -1.35. The van der Waals surface area contributed by atoms with Crippen LogP contribution in [0.5, 0.6) is 5.75 Å². The minimum Gasteiger partial charge on any atom is -0.508 e. The molecule has 0 bridgehead atoms. The zero-order chi connectivity index (χ0) is 13.9. The van der Waals surface area contributed by atoms with Crippen molar-refractivity contribution in [3.8, 4) is 5.75 Å². The zero-order valence-corrected chi connectivity index (χ0v) is 11.9. The van der Waals surface area contributed by atoms with E-state index in [4.69, 9.17) is 0 Å². The van der Waals surface area contributed by atoms with Gasteiger partial charge in [0.25, 0.3) is 0 Å². The summed E-state index contributed by atoms with van der Waals surface area (Å²) in [6.07, 6.45) is 6.75. The number of carbonyl (C=O) groups excluding carboxylic acids is 1. The summed E-state index contributed by atoms with van der Waals surface area (Å²) in [6.45, 7) is 2.67. The van der Waals surface area contributed by atoms with Crippen LogP contribution in [0.15, 0.2) is 24.3 Å². The number of nitrogens with zero attached hydrogens (tertiary/aromatic N) is 1. The second kappa shape index (κ2) is 5.96. The number of hydrogen-bond donors (Lipinski definition) is 1. The number of fused-ring (bicyclic) bond motifs is 1. The van der Waals surface area contributed by atoms with Gasteiger partial charge in [-0.2, -0.15) is 0 Å². The molecule has 0 radical (unpaired) electrons. The Morgan fingerprint density at radius 2 is 1.80 bits per heavy atom. The number of phenolic OH excluding ortho intramolecular Hbond substituents is 1. The zero-order valence-electron chi connectivity index (χ0n) is 11.9. The van der Waals surface area contributed by atoms with E-state index in [0.717, 1.165) is 24.9 Å². The summed E-state index contributed by atoms with van der Waals surface area (Å²) in [5.41, 5.74) is 0.702. The SMILES string of the molecule is O=C(CN1CCC2CCCCC2C1)c1ccc(O)cc1. The topological polar surface area (TPSA) is 40.5 Å². The average Bonchev–Trinajstić information content (AvgIpc) is 2.48. The predicted molar refractivity (Wildman–Crippen MR) is 78.9 cm³/mol. The molecule has 0 spiro atoms.